The number of H-pyrrole nitrogens is 1. The van der Waals surface area contributed by atoms with Gasteiger partial charge in [0.25, 0.3) is 0 Å². The van der Waals surface area contributed by atoms with Crippen LogP contribution in [0, 0.1) is 0 Å². The molecule has 1 aromatic carbocycles. The molecule has 1 aliphatic rings. The lowest BCUT2D eigenvalue weighted by molar-refractivity contribution is -0.138. The van der Waals surface area contributed by atoms with Crippen LogP contribution in [-0.2, 0) is 22.4 Å². The SMILES string of the molecule is COc1ccc(CC2CN(C(=O)CCc3cn[nH]c3)CCO2)cc1. The largest absolute Gasteiger partial charge is 0.497 e. The number of carbonyl (C=O) groups is 1. The van der Waals surface area contributed by atoms with Gasteiger partial charge < -0.3 is 14.4 Å². The van der Waals surface area contributed by atoms with Gasteiger partial charge in [-0.25, -0.2) is 0 Å². The Morgan fingerprint density at radius 3 is 2.92 bits per heavy atom. The molecule has 1 amide bonds. The van der Waals surface area contributed by atoms with E-state index in [1.807, 2.05) is 35.4 Å². The number of benzene rings is 1. The predicted molar refractivity (Wildman–Crippen MR) is 89.9 cm³/mol. The summed E-state index contributed by atoms with van der Waals surface area (Å²) in [5.41, 5.74) is 2.25. The first-order valence-electron chi connectivity index (χ1n) is 8.24. The van der Waals surface area contributed by atoms with Crippen LogP contribution in [0.4, 0.5) is 0 Å². The normalized spacial score (nSPS) is 17.7. The Bertz CT molecular complexity index is 640. The first kappa shape index (κ1) is 16.5. The predicted octanol–water partition coefficient (Wildman–Crippen LogP) is 1.82. The third kappa shape index (κ3) is 4.35. The molecule has 0 bridgehead atoms. The van der Waals surface area contributed by atoms with E-state index in [1.165, 1.54) is 5.56 Å². The van der Waals surface area contributed by atoms with Crippen LogP contribution in [0.5, 0.6) is 5.75 Å². The van der Waals surface area contributed by atoms with Crippen molar-refractivity contribution in [2.75, 3.05) is 26.8 Å². The fraction of sp³-hybridized carbons (Fsp3) is 0.444. The van der Waals surface area contributed by atoms with Crippen molar-refractivity contribution in [3.63, 3.8) is 0 Å². The molecule has 2 heterocycles. The molecule has 6 nitrogen and oxygen atoms in total. The lowest BCUT2D eigenvalue weighted by atomic mass is 10.1. The first-order chi connectivity index (χ1) is 11.7. The van der Waals surface area contributed by atoms with E-state index in [1.54, 1.807) is 13.3 Å². The van der Waals surface area contributed by atoms with Crippen LogP contribution in [0.3, 0.4) is 0 Å². The summed E-state index contributed by atoms with van der Waals surface area (Å²) in [6.07, 6.45) is 5.67. The van der Waals surface area contributed by atoms with E-state index in [0.29, 0.717) is 26.1 Å². The molecule has 1 unspecified atom stereocenters. The van der Waals surface area contributed by atoms with E-state index >= 15 is 0 Å². The smallest absolute Gasteiger partial charge is 0.223 e. The van der Waals surface area contributed by atoms with E-state index in [0.717, 1.165) is 24.2 Å². The molecule has 0 saturated carbocycles. The van der Waals surface area contributed by atoms with Crippen molar-refractivity contribution in [3.05, 3.63) is 47.8 Å². The van der Waals surface area contributed by atoms with E-state index in [-0.39, 0.29) is 12.0 Å². The van der Waals surface area contributed by atoms with Gasteiger partial charge >= 0.3 is 0 Å². The molecule has 3 rings (SSSR count). The summed E-state index contributed by atoms with van der Waals surface area (Å²) in [6.45, 7) is 1.91. The number of aryl methyl sites for hydroxylation is 1. The molecule has 0 spiro atoms. The number of ether oxygens (including phenoxy) is 2. The second-order valence-electron chi connectivity index (χ2n) is 5.99. The standard InChI is InChI=1S/C18H23N3O3/c1-23-16-5-2-14(3-6-16)10-17-13-21(8-9-24-17)18(22)7-4-15-11-19-20-12-15/h2-3,5-6,11-12,17H,4,7-10,13H2,1H3,(H,19,20). The molecule has 6 heteroatoms. The van der Waals surface area contributed by atoms with Gasteiger partial charge in [-0.1, -0.05) is 12.1 Å². The van der Waals surface area contributed by atoms with E-state index in [4.69, 9.17) is 9.47 Å². The molecular weight excluding hydrogens is 306 g/mol. The van der Waals surface area contributed by atoms with Gasteiger partial charge in [-0.15, -0.1) is 0 Å². The molecule has 1 N–H and O–H groups in total. The molecule has 0 radical (unpaired) electrons. The van der Waals surface area contributed by atoms with Gasteiger partial charge in [-0.05, 0) is 29.7 Å². The Labute approximate surface area is 141 Å². The first-order valence-corrected chi connectivity index (χ1v) is 8.24. The van der Waals surface area contributed by atoms with Gasteiger partial charge in [-0.3, -0.25) is 9.89 Å². The van der Waals surface area contributed by atoms with Gasteiger partial charge in [-0.2, -0.15) is 5.10 Å². The van der Waals surface area contributed by atoms with Gasteiger partial charge in [0.2, 0.25) is 5.91 Å². The Hall–Kier alpha value is -2.34. The Morgan fingerprint density at radius 2 is 2.21 bits per heavy atom. The number of morpholine rings is 1. The average molecular weight is 329 g/mol. The quantitative estimate of drug-likeness (QED) is 0.878. The summed E-state index contributed by atoms with van der Waals surface area (Å²) in [5.74, 6) is 1.03. The zero-order valence-corrected chi connectivity index (χ0v) is 13.9. The highest BCUT2D eigenvalue weighted by atomic mass is 16.5. The van der Waals surface area contributed by atoms with Crippen LogP contribution >= 0.6 is 0 Å². The van der Waals surface area contributed by atoms with Gasteiger partial charge in [0, 0.05) is 32.1 Å². The van der Waals surface area contributed by atoms with Gasteiger partial charge in [0.15, 0.2) is 0 Å². The molecule has 128 valence electrons. The zero-order valence-electron chi connectivity index (χ0n) is 13.9. The zero-order chi connectivity index (χ0) is 16.8. The maximum absolute atomic E-state index is 12.4. The minimum absolute atomic E-state index is 0.0463. The molecule has 24 heavy (non-hydrogen) atoms. The molecule has 1 atom stereocenters. The molecular formula is C18H23N3O3. The van der Waals surface area contributed by atoms with Crippen molar-refractivity contribution in [2.24, 2.45) is 0 Å². The summed E-state index contributed by atoms with van der Waals surface area (Å²) in [5, 5.41) is 6.68. The molecule has 1 aromatic heterocycles. The van der Waals surface area contributed by atoms with Crippen molar-refractivity contribution in [3.8, 4) is 5.75 Å². The number of nitrogens with one attached hydrogen (secondary N) is 1. The molecule has 2 aromatic rings. The van der Waals surface area contributed by atoms with E-state index in [9.17, 15) is 4.79 Å². The summed E-state index contributed by atoms with van der Waals surface area (Å²) >= 11 is 0. The number of nitrogens with zero attached hydrogens (tertiary/aromatic N) is 2. The van der Waals surface area contributed by atoms with E-state index < -0.39 is 0 Å². The van der Waals surface area contributed by atoms with Crippen molar-refractivity contribution < 1.29 is 14.3 Å². The number of rotatable bonds is 6. The molecule has 1 saturated heterocycles. The second kappa shape index (κ2) is 7.97. The maximum atomic E-state index is 12.4. The fourth-order valence-corrected chi connectivity index (χ4v) is 2.92. The third-order valence-electron chi connectivity index (χ3n) is 4.30. The van der Waals surface area contributed by atoms with Crippen LogP contribution in [0.25, 0.3) is 0 Å². The third-order valence-corrected chi connectivity index (χ3v) is 4.30. The fourth-order valence-electron chi connectivity index (χ4n) is 2.92. The van der Waals surface area contributed by atoms with Crippen LogP contribution < -0.4 is 4.74 Å². The highest BCUT2D eigenvalue weighted by molar-refractivity contribution is 5.76. The number of hydrogen-bond acceptors (Lipinski definition) is 4. The Morgan fingerprint density at radius 1 is 1.38 bits per heavy atom. The van der Waals surface area contributed by atoms with Crippen molar-refractivity contribution in [1.29, 1.82) is 0 Å². The minimum Gasteiger partial charge on any atom is -0.497 e. The number of aromatic nitrogens is 2. The monoisotopic (exact) mass is 329 g/mol. The number of aromatic amines is 1. The van der Waals surface area contributed by atoms with Crippen molar-refractivity contribution >= 4 is 5.91 Å². The van der Waals surface area contributed by atoms with Gasteiger partial charge in [0.1, 0.15) is 5.75 Å². The highest BCUT2D eigenvalue weighted by Crippen LogP contribution is 2.16. The van der Waals surface area contributed by atoms with Crippen LogP contribution in [0.1, 0.15) is 17.5 Å². The molecule has 1 aliphatic heterocycles. The summed E-state index contributed by atoms with van der Waals surface area (Å²) in [7, 11) is 1.66. The van der Waals surface area contributed by atoms with Crippen molar-refractivity contribution in [1.82, 2.24) is 15.1 Å². The van der Waals surface area contributed by atoms with Crippen molar-refractivity contribution in [2.45, 2.75) is 25.4 Å². The molecule has 0 aliphatic carbocycles. The summed E-state index contributed by atoms with van der Waals surface area (Å²) in [4.78, 5) is 14.3. The summed E-state index contributed by atoms with van der Waals surface area (Å²) in [6, 6.07) is 7.99. The Kier molecular flexibility index (Phi) is 5.48. The Balaban J connectivity index is 1.50. The number of carbonyl (C=O) groups excluding carboxylic acids is 1. The van der Waals surface area contributed by atoms with Crippen LogP contribution in [0.2, 0.25) is 0 Å². The number of amides is 1. The van der Waals surface area contributed by atoms with Crippen LogP contribution in [0.15, 0.2) is 36.7 Å². The average Bonchev–Trinajstić information content (AvgIpc) is 3.14. The summed E-state index contributed by atoms with van der Waals surface area (Å²) < 4.78 is 11.0. The maximum Gasteiger partial charge on any atom is 0.223 e. The number of hydrogen-bond donors (Lipinski definition) is 1. The van der Waals surface area contributed by atoms with Gasteiger partial charge in [0.05, 0.1) is 26.0 Å². The number of methoxy groups -OCH3 is 1. The lowest BCUT2D eigenvalue weighted by Gasteiger charge is -2.33. The molecule has 1 fully saturated rings. The van der Waals surface area contributed by atoms with Crippen LogP contribution in [-0.4, -0.2) is 53.9 Å². The lowest BCUT2D eigenvalue weighted by Crippen LogP contribution is -2.46. The van der Waals surface area contributed by atoms with E-state index in [2.05, 4.69) is 10.2 Å². The minimum atomic E-state index is 0.0463. The topological polar surface area (TPSA) is 67.5 Å². The highest BCUT2D eigenvalue weighted by Gasteiger charge is 2.24. The second-order valence-corrected chi connectivity index (χ2v) is 5.99.